The molecule has 0 fully saturated rings. The normalized spacial score (nSPS) is 10.9. The Morgan fingerprint density at radius 1 is 1.32 bits per heavy atom. The number of benzene rings is 1. The Labute approximate surface area is 112 Å². The molecule has 0 atom stereocenters. The number of nitrogen functional groups attached to an aromatic ring is 1. The van der Waals surface area contributed by atoms with E-state index in [1.165, 1.54) is 0 Å². The molecule has 1 amide bonds. The maximum absolute atomic E-state index is 11.7. The van der Waals surface area contributed by atoms with Crippen molar-refractivity contribution in [1.29, 1.82) is 0 Å². The van der Waals surface area contributed by atoms with Crippen LogP contribution in [0, 0.1) is 13.8 Å². The Hall–Kier alpha value is -1.96. The first-order chi connectivity index (χ1) is 8.75. The highest BCUT2D eigenvalue weighted by Gasteiger charge is 2.16. The molecule has 1 rings (SSSR count). The second-order valence-electron chi connectivity index (χ2n) is 3.95. The fourth-order valence-corrected chi connectivity index (χ4v) is 2.23. The second kappa shape index (κ2) is 5.79. The highest BCUT2D eigenvalue weighted by atomic mass is 32.2. The molecule has 106 valence electrons. The molecule has 8 heteroatoms. The molecule has 7 nitrogen and oxygen atoms in total. The molecule has 0 spiro atoms. The van der Waals surface area contributed by atoms with E-state index < -0.39 is 16.3 Å². The fourth-order valence-electron chi connectivity index (χ4n) is 1.39. The highest BCUT2D eigenvalue weighted by Crippen LogP contribution is 2.22. The molecule has 0 unspecified atom stereocenters. The van der Waals surface area contributed by atoms with Crippen molar-refractivity contribution in [2.75, 3.05) is 17.1 Å². The zero-order valence-electron chi connectivity index (χ0n) is 11.0. The number of carbonyl (C=O) groups is 1. The quantitative estimate of drug-likeness (QED) is 0.723. The van der Waals surface area contributed by atoms with Gasteiger partial charge in [0.25, 0.3) is 0 Å². The van der Waals surface area contributed by atoms with Crippen molar-refractivity contribution in [2.24, 2.45) is 0 Å². The first kappa shape index (κ1) is 15.1. The standard InChI is InChI=1S/C11H17N3O4S/c1-4-18-11(15)14-19(16,17)13-10-6-7(2)9(12)5-8(10)3/h5-6,13H,4,12H2,1-3H3,(H,14,15). The van der Waals surface area contributed by atoms with Crippen LogP contribution >= 0.6 is 0 Å². The largest absolute Gasteiger partial charge is 0.449 e. The van der Waals surface area contributed by atoms with Crippen LogP contribution in [-0.2, 0) is 14.9 Å². The number of amides is 1. The van der Waals surface area contributed by atoms with Crippen molar-refractivity contribution in [3.8, 4) is 0 Å². The van der Waals surface area contributed by atoms with Crippen LogP contribution in [-0.4, -0.2) is 21.1 Å². The predicted octanol–water partition coefficient (Wildman–Crippen LogP) is 1.29. The molecule has 0 aliphatic rings. The zero-order chi connectivity index (χ0) is 14.6. The van der Waals surface area contributed by atoms with Gasteiger partial charge in [-0.1, -0.05) is 0 Å². The number of carbonyl (C=O) groups excluding carboxylic acids is 1. The summed E-state index contributed by atoms with van der Waals surface area (Å²) >= 11 is 0. The average molecular weight is 287 g/mol. The summed E-state index contributed by atoms with van der Waals surface area (Å²) in [5.41, 5.74) is 8.01. The Morgan fingerprint density at radius 2 is 1.95 bits per heavy atom. The first-order valence-corrected chi connectivity index (χ1v) is 7.07. The van der Waals surface area contributed by atoms with E-state index in [0.717, 1.165) is 5.56 Å². The van der Waals surface area contributed by atoms with Crippen LogP contribution < -0.4 is 15.2 Å². The van der Waals surface area contributed by atoms with Gasteiger partial charge in [0.2, 0.25) is 0 Å². The maximum atomic E-state index is 11.7. The molecule has 1 aromatic carbocycles. The van der Waals surface area contributed by atoms with E-state index in [9.17, 15) is 13.2 Å². The van der Waals surface area contributed by atoms with Crippen molar-refractivity contribution >= 4 is 27.7 Å². The van der Waals surface area contributed by atoms with E-state index in [4.69, 9.17) is 5.73 Å². The first-order valence-electron chi connectivity index (χ1n) is 5.59. The van der Waals surface area contributed by atoms with Crippen LogP contribution in [0.25, 0.3) is 0 Å². The van der Waals surface area contributed by atoms with E-state index in [2.05, 4.69) is 9.46 Å². The number of hydrogen-bond acceptors (Lipinski definition) is 5. The van der Waals surface area contributed by atoms with Gasteiger partial charge in [0, 0.05) is 5.69 Å². The minimum Gasteiger partial charge on any atom is -0.449 e. The zero-order valence-corrected chi connectivity index (χ0v) is 11.8. The number of rotatable bonds is 4. The molecule has 0 aliphatic carbocycles. The Morgan fingerprint density at radius 3 is 2.53 bits per heavy atom. The maximum Gasteiger partial charge on any atom is 0.422 e. The molecule has 0 aliphatic heterocycles. The van der Waals surface area contributed by atoms with E-state index >= 15 is 0 Å². The molecule has 0 radical (unpaired) electrons. The van der Waals surface area contributed by atoms with Gasteiger partial charge < -0.3 is 10.5 Å². The van der Waals surface area contributed by atoms with Crippen molar-refractivity contribution in [3.63, 3.8) is 0 Å². The third-order valence-corrected chi connectivity index (χ3v) is 3.27. The molecular formula is C11H17N3O4S. The van der Waals surface area contributed by atoms with Crippen LogP contribution in [0.5, 0.6) is 0 Å². The van der Waals surface area contributed by atoms with Gasteiger partial charge in [0.15, 0.2) is 0 Å². The van der Waals surface area contributed by atoms with E-state index in [0.29, 0.717) is 16.9 Å². The molecule has 0 bridgehead atoms. The molecule has 19 heavy (non-hydrogen) atoms. The minimum atomic E-state index is -4.02. The van der Waals surface area contributed by atoms with Crippen LogP contribution in [0.1, 0.15) is 18.1 Å². The van der Waals surface area contributed by atoms with Crippen molar-refractivity contribution in [3.05, 3.63) is 23.3 Å². The lowest BCUT2D eigenvalue weighted by Crippen LogP contribution is -2.35. The molecule has 0 heterocycles. The summed E-state index contributed by atoms with van der Waals surface area (Å²) in [5, 5.41) is 0. The van der Waals surface area contributed by atoms with Crippen molar-refractivity contribution in [2.45, 2.75) is 20.8 Å². The average Bonchev–Trinajstić information content (AvgIpc) is 2.24. The highest BCUT2D eigenvalue weighted by molar-refractivity contribution is 7.91. The topological polar surface area (TPSA) is 111 Å². The van der Waals surface area contributed by atoms with Crippen LogP contribution in [0.4, 0.5) is 16.2 Å². The summed E-state index contributed by atoms with van der Waals surface area (Å²) in [6, 6.07) is 3.24. The molecule has 1 aromatic rings. The molecular weight excluding hydrogens is 270 g/mol. The van der Waals surface area contributed by atoms with Crippen molar-refractivity contribution < 1.29 is 17.9 Å². The van der Waals surface area contributed by atoms with Crippen LogP contribution in [0.3, 0.4) is 0 Å². The van der Waals surface area contributed by atoms with Gasteiger partial charge in [-0.15, -0.1) is 0 Å². The van der Waals surface area contributed by atoms with E-state index in [1.54, 1.807) is 37.6 Å². The fraction of sp³-hybridized carbons (Fsp3) is 0.364. The van der Waals surface area contributed by atoms with E-state index in [-0.39, 0.29) is 6.61 Å². The summed E-state index contributed by atoms with van der Waals surface area (Å²) in [6.07, 6.45) is -1.03. The third-order valence-electron chi connectivity index (χ3n) is 2.35. The number of aryl methyl sites for hydroxylation is 2. The summed E-state index contributed by atoms with van der Waals surface area (Å²) < 4.78 is 31.8. The lowest BCUT2D eigenvalue weighted by atomic mass is 10.1. The number of anilines is 2. The van der Waals surface area contributed by atoms with Gasteiger partial charge >= 0.3 is 16.3 Å². The molecule has 4 N–H and O–H groups in total. The molecule has 0 aromatic heterocycles. The SMILES string of the molecule is CCOC(=O)NS(=O)(=O)Nc1cc(C)c(N)cc1C. The van der Waals surface area contributed by atoms with E-state index in [1.807, 2.05) is 0 Å². The van der Waals surface area contributed by atoms with Gasteiger partial charge in [-0.2, -0.15) is 8.42 Å². The smallest absolute Gasteiger partial charge is 0.422 e. The van der Waals surface area contributed by atoms with Crippen LogP contribution in [0.15, 0.2) is 12.1 Å². The van der Waals surface area contributed by atoms with Gasteiger partial charge in [0.1, 0.15) is 0 Å². The third kappa shape index (κ3) is 4.32. The Balaban J connectivity index is 2.90. The van der Waals surface area contributed by atoms with Gasteiger partial charge in [-0.3, -0.25) is 4.72 Å². The summed E-state index contributed by atoms with van der Waals surface area (Å²) in [7, 11) is -4.02. The van der Waals surface area contributed by atoms with Gasteiger partial charge in [0.05, 0.1) is 12.3 Å². The minimum absolute atomic E-state index is 0.0847. The monoisotopic (exact) mass is 287 g/mol. The lowest BCUT2D eigenvalue weighted by molar-refractivity contribution is 0.159. The molecule has 0 saturated carbocycles. The summed E-state index contributed by atoms with van der Waals surface area (Å²) in [5.74, 6) is 0. The lowest BCUT2D eigenvalue weighted by Gasteiger charge is -2.13. The number of nitrogens with two attached hydrogens (primary N) is 1. The number of hydrogen-bond donors (Lipinski definition) is 3. The Bertz CT molecular complexity index is 584. The molecule has 0 saturated heterocycles. The predicted molar refractivity (Wildman–Crippen MR) is 73.0 cm³/mol. The summed E-state index contributed by atoms with van der Waals surface area (Å²) in [4.78, 5) is 11.1. The van der Waals surface area contributed by atoms with Gasteiger partial charge in [-0.05, 0) is 44.0 Å². The Kier molecular flexibility index (Phi) is 4.60. The number of ether oxygens (including phenoxy) is 1. The second-order valence-corrected chi connectivity index (χ2v) is 5.37. The van der Waals surface area contributed by atoms with Gasteiger partial charge in [-0.25, -0.2) is 9.52 Å². The van der Waals surface area contributed by atoms with Crippen molar-refractivity contribution in [1.82, 2.24) is 4.72 Å². The summed E-state index contributed by atoms with van der Waals surface area (Å²) in [6.45, 7) is 5.12. The van der Waals surface area contributed by atoms with Crippen LogP contribution in [0.2, 0.25) is 0 Å². The number of nitrogens with one attached hydrogen (secondary N) is 2.